The van der Waals surface area contributed by atoms with Gasteiger partial charge in [-0.1, -0.05) is 24.3 Å². The number of nitrogens with one attached hydrogen (secondary N) is 1. The highest BCUT2D eigenvalue weighted by molar-refractivity contribution is 5.95. The van der Waals surface area contributed by atoms with E-state index < -0.39 is 0 Å². The second-order valence-electron chi connectivity index (χ2n) is 3.89. The lowest BCUT2D eigenvalue weighted by Gasteiger charge is -2.06. The molecule has 0 aliphatic carbocycles. The van der Waals surface area contributed by atoms with Gasteiger partial charge in [0.15, 0.2) is 0 Å². The Balaban J connectivity index is 2.35. The molecule has 0 aliphatic rings. The summed E-state index contributed by atoms with van der Waals surface area (Å²) >= 11 is 0. The van der Waals surface area contributed by atoms with Crippen LogP contribution >= 0.6 is 0 Å². The number of benzene rings is 2. The van der Waals surface area contributed by atoms with Crippen molar-refractivity contribution in [1.82, 2.24) is 5.32 Å². The number of methoxy groups -OCH3 is 1. The molecule has 0 fully saturated rings. The standard InChI is InChI=1S/C15H15NO2/c1-16-15(17)13-5-3-4-12(10-13)11-6-8-14(18-2)9-7-11/h3-10H,1-2H3,(H,16,17). The van der Waals surface area contributed by atoms with Gasteiger partial charge >= 0.3 is 0 Å². The molecule has 0 heterocycles. The van der Waals surface area contributed by atoms with Gasteiger partial charge in [-0.25, -0.2) is 0 Å². The molecule has 0 aliphatic heterocycles. The lowest BCUT2D eigenvalue weighted by atomic mass is 10.0. The van der Waals surface area contributed by atoms with E-state index in [2.05, 4.69) is 5.32 Å². The van der Waals surface area contributed by atoms with Gasteiger partial charge in [-0.2, -0.15) is 0 Å². The summed E-state index contributed by atoms with van der Waals surface area (Å²) in [5.74, 6) is 0.742. The van der Waals surface area contributed by atoms with Gasteiger partial charge in [-0.05, 0) is 35.4 Å². The second kappa shape index (κ2) is 5.36. The molecule has 0 atom stereocenters. The van der Waals surface area contributed by atoms with Crippen molar-refractivity contribution in [1.29, 1.82) is 0 Å². The van der Waals surface area contributed by atoms with Crippen LogP contribution in [0, 0.1) is 0 Å². The molecule has 18 heavy (non-hydrogen) atoms. The summed E-state index contributed by atoms with van der Waals surface area (Å²) in [6, 6.07) is 15.3. The Morgan fingerprint density at radius 3 is 2.39 bits per heavy atom. The molecular formula is C15H15NO2. The van der Waals surface area contributed by atoms with Crippen LogP contribution in [0.4, 0.5) is 0 Å². The molecule has 0 radical (unpaired) electrons. The third-order valence-corrected chi connectivity index (χ3v) is 2.78. The minimum Gasteiger partial charge on any atom is -0.497 e. The molecule has 1 amide bonds. The Morgan fingerprint density at radius 1 is 1.06 bits per heavy atom. The van der Waals surface area contributed by atoms with Gasteiger partial charge in [-0.3, -0.25) is 4.79 Å². The Labute approximate surface area is 106 Å². The van der Waals surface area contributed by atoms with Crippen LogP contribution in [0.25, 0.3) is 11.1 Å². The molecule has 0 unspecified atom stereocenters. The molecule has 0 aromatic heterocycles. The van der Waals surface area contributed by atoms with Gasteiger partial charge in [0, 0.05) is 12.6 Å². The van der Waals surface area contributed by atoms with E-state index in [1.165, 1.54) is 0 Å². The fourth-order valence-corrected chi connectivity index (χ4v) is 1.77. The van der Waals surface area contributed by atoms with E-state index in [1.807, 2.05) is 42.5 Å². The maximum absolute atomic E-state index is 11.6. The van der Waals surface area contributed by atoms with Crippen LogP contribution in [0.1, 0.15) is 10.4 Å². The van der Waals surface area contributed by atoms with E-state index in [0.29, 0.717) is 5.56 Å². The zero-order chi connectivity index (χ0) is 13.0. The fraction of sp³-hybridized carbons (Fsp3) is 0.133. The molecular weight excluding hydrogens is 226 g/mol. The molecule has 2 rings (SSSR count). The third-order valence-electron chi connectivity index (χ3n) is 2.78. The first-order valence-electron chi connectivity index (χ1n) is 5.71. The van der Waals surface area contributed by atoms with Gasteiger partial charge in [0.05, 0.1) is 7.11 Å². The summed E-state index contributed by atoms with van der Waals surface area (Å²) in [7, 11) is 3.27. The van der Waals surface area contributed by atoms with Crippen LogP contribution < -0.4 is 10.1 Å². The summed E-state index contributed by atoms with van der Waals surface area (Å²) < 4.78 is 5.12. The van der Waals surface area contributed by atoms with Crippen molar-refractivity contribution in [2.75, 3.05) is 14.2 Å². The molecule has 92 valence electrons. The lowest BCUT2D eigenvalue weighted by molar-refractivity contribution is 0.0963. The Bertz CT molecular complexity index is 547. The van der Waals surface area contributed by atoms with E-state index in [1.54, 1.807) is 20.2 Å². The average Bonchev–Trinajstić information content (AvgIpc) is 2.46. The van der Waals surface area contributed by atoms with Gasteiger partial charge in [0.1, 0.15) is 5.75 Å². The number of ether oxygens (including phenoxy) is 1. The first-order chi connectivity index (χ1) is 8.74. The predicted octanol–water partition coefficient (Wildman–Crippen LogP) is 2.72. The molecule has 3 heteroatoms. The van der Waals surface area contributed by atoms with Crippen LogP contribution in [0.5, 0.6) is 5.75 Å². The Kier molecular flexibility index (Phi) is 3.63. The van der Waals surface area contributed by atoms with E-state index >= 15 is 0 Å². The molecule has 3 nitrogen and oxygen atoms in total. The molecule has 1 N–H and O–H groups in total. The van der Waals surface area contributed by atoms with Crippen LogP contribution in [-0.2, 0) is 0 Å². The first-order valence-corrected chi connectivity index (χ1v) is 5.71. The normalized spacial score (nSPS) is 9.89. The number of amides is 1. The number of hydrogen-bond donors (Lipinski definition) is 1. The number of carbonyl (C=O) groups excluding carboxylic acids is 1. The highest BCUT2D eigenvalue weighted by Gasteiger charge is 2.05. The van der Waals surface area contributed by atoms with Crippen molar-refractivity contribution in [3.8, 4) is 16.9 Å². The predicted molar refractivity (Wildman–Crippen MR) is 71.8 cm³/mol. The van der Waals surface area contributed by atoms with E-state index in [-0.39, 0.29) is 5.91 Å². The summed E-state index contributed by atoms with van der Waals surface area (Å²) in [5, 5.41) is 2.62. The largest absolute Gasteiger partial charge is 0.497 e. The lowest BCUT2D eigenvalue weighted by Crippen LogP contribution is -2.17. The quantitative estimate of drug-likeness (QED) is 0.897. The van der Waals surface area contributed by atoms with Crippen LogP contribution in [0.15, 0.2) is 48.5 Å². The number of rotatable bonds is 3. The monoisotopic (exact) mass is 241 g/mol. The molecule has 0 saturated heterocycles. The third kappa shape index (κ3) is 2.51. The van der Waals surface area contributed by atoms with Crippen molar-refractivity contribution in [3.63, 3.8) is 0 Å². The van der Waals surface area contributed by atoms with Gasteiger partial charge in [0.25, 0.3) is 5.91 Å². The van der Waals surface area contributed by atoms with Crippen molar-refractivity contribution in [2.24, 2.45) is 0 Å². The molecule has 2 aromatic carbocycles. The maximum atomic E-state index is 11.6. The minimum atomic E-state index is -0.0784. The minimum absolute atomic E-state index is 0.0784. The van der Waals surface area contributed by atoms with Crippen LogP contribution in [0.2, 0.25) is 0 Å². The highest BCUT2D eigenvalue weighted by Crippen LogP contribution is 2.23. The van der Waals surface area contributed by atoms with Crippen molar-refractivity contribution in [3.05, 3.63) is 54.1 Å². The Hall–Kier alpha value is -2.29. The summed E-state index contributed by atoms with van der Waals surface area (Å²) in [6.07, 6.45) is 0. The fourth-order valence-electron chi connectivity index (χ4n) is 1.77. The van der Waals surface area contributed by atoms with Crippen molar-refractivity contribution >= 4 is 5.91 Å². The summed E-state index contributed by atoms with van der Waals surface area (Å²) in [6.45, 7) is 0. The highest BCUT2D eigenvalue weighted by atomic mass is 16.5. The average molecular weight is 241 g/mol. The molecule has 0 spiro atoms. The molecule has 0 bridgehead atoms. The second-order valence-corrected chi connectivity index (χ2v) is 3.89. The summed E-state index contributed by atoms with van der Waals surface area (Å²) in [5.41, 5.74) is 2.73. The van der Waals surface area contributed by atoms with E-state index in [4.69, 9.17) is 4.74 Å². The van der Waals surface area contributed by atoms with Crippen LogP contribution in [-0.4, -0.2) is 20.1 Å². The van der Waals surface area contributed by atoms with Gasteiger partial charge < -0.3 is 10.1 Å². The van der Waals surface area contributed by atoms with Gasteiger partial charge in [-0.15, -0.1) is 0 Å². The first kappa shape index (κ1) is 12.2. The van der Waals surface area contributed by atoms with E-state index in [0.717, 1.165) is 16.9 Å². The Morgan fingerprint density at radius 2 is 1.78 bits per heavy atom. The molecule has 2 aromatic rings. The maximum Gasteiger partial charge on any atom is 0.251 e. The number of hydrogen-bond acceptors (Lipinski definition) is 2. The molecule has 0 saturated carbocycles. The van der Waals surface area contributed by atoms with E-state index in [9.17, 15) is 4.79 Å². The SMILES string of the molecule is CNC(=O)c1cccc(-c2ccc(OC)cc2)c1. The zero-order valence-corrected chi connectivity index (χ0v) is 10.4. The van der Waals surface area contributed by atoms with Gasteiger partial charge in [0.2, 0.25) is 0 Å². The summed E-state index contributed by atoms with van der Waals surface area (Å²) in [4.78, 5) is 11.6. The van der Waals surface area contributed by atoms with Crippen molar-refractivity contribution < 1.29 is 9.53 Å². The van der Waals surface area contributed by atoms with Crippen LogP contribution in [0.3, 0.4) is 0 Å². The zero-order valence-electron chi connectivity index (χ0n) is 10.4. The topological polar surface area (TPSA) is 38.3 Å². The van der Waals surface area contributed by atoms with Crippen molar-refractivity contribution in [2.45, 2.75) is 0 Å². The smallest absolute Gasteiger partial charge is 0.251 e. The number of carbonyl (C=O) groups is 1.